The number of aromatic nitrogens is 4. The zero-order valence-electron chi connectivity index (χ0n) is 15.2. The van der Waals surface area contributed by atoms with E-state index >= 15 is 0 Å². The van der Waals surface area contributed by atoms with Gasteiger partial charge in [0.05, 0.1) is 11.9 Å². The summed E-state index contributed by atoms with van der Waals surface area (Å²) in [6.45, 7) is 1.97. The first kappa shape index (κ1) is 17.0. The molecule has 1 aliphatic heterocycles. The molecule has 1 aliphatic carbocycles. The van der Waals surface area contributed by atoms with Gasteiger partial charge >= 0.3 is 0 Å². The van der Waals surface area contributed by atoms with Crippen molar-refractivity contribution in [3.8, 4) is 11.3 Å². The van der Waals surface area contributed by atoms with Crippen molar-refractivity contribution >= 4 is 28.6 Å². The van der Waals surface area contributed by atoms with Gasteiger partial charge in [0.1, 0.15) is 11.3 Å². The largest absolute Gasteiger partial charge is 0.355 e. The molecule has 2 fully saturated rings. The molecule has 0 amide bonds. The number of nitrogens with zero attached hydrogens (tertiary/aromatic N) is 4. The molecular formula is C20H23ClN6. The third-order valence-electron chi connectivity index (χ3n) is 6.42. The molecule has 2 aromatic heterocycles. The van der Waals surface area contributed by atoms with E-state index in [-0.39, 0.29) is 0 Å². The predicted molar refractivity (Wildman–Crippen MR) is 108 cm³/mol. The number of benzene rings is 1. The standard InChI is InChI=1S/C20H23ClN6/c21-14-4-1-3-13(11-14)17-18-19(26-25-17)24-16(12-23-18)27-9-7-20(8-10-27)6-2-5-15(20)22/h1,3-4,11-12,15H,2,5-10,22H2,(H,24,25,26)/t15-/m1/s1. The van der Waals surface area contributed by atoms with E-state index in [4.69, 9.17) is 22.3 Å². The number of anilines is 1. The van der Waals surface area contributed by atoms with E-state index in [2.05, 4.69) is 20.1 Å². The predicted octanol–water partition coefficient (Wildman–Crippen LogP) is 3.77. The summed E-state index contributed by atoms with van der Waals surface area (Å²) in [7, 11) is 0. The van der Waals surface area contributed by atoms with Crippen molar-refractivity contribution in [2.45, 2.75) is 38.1 Å². The number of piperidine rings is 1. The summed E-state index contributed by atoms with van der Waals surface area (Å²) in [6, 6.07) is 8.03. The van der Waals surface area contributed by atoms with Gasteiger partial charge in [0.15, 0.2) is 0 Å². The Balaban J connectivity index is 1.40. The molecule has 3 aromatic rings. The molecule has 1 spiro atoms. The zero-order valence-corrected chi connectivity index (χ0v) is 15.9. The molecule has 0 bridgehead atoms. The van der Waals surface area contributed by atoms with Crippen molar-refractivity contribution in [2.24, 2.45) is 11.1 Å². The molecule has 3 heterocycles. The van der Waals surface area contributed by atoms with Gasteiger partial charge in [-0.3, -0.25) is 5.10 Å². The number of rotatable bonds is 2. The van der Waals surface area contributed by atoms with Crippen LogP contribution in [0.4, 0.5) is 5.82 Å². The van der Waals surface area contributed by atoms with E-state index in [0.29, 0.717) is 22.1 Å². The van der Waals surface area contributed by atoms with Gasteiger partial charge in [0.25, 0.3) is 0 Å². The molecule has 1 saturated heterocycles. The van der Waals surface area contributed by atoms with Crippen molar-refractivity contribution in [1.82, 2.24) is 20.2 Å². The van der Waals surface area contributed by atoms with Crippen molar-refractivity contribution < 1.29 is 0 Å². The number of nitrogens with two attached hydrogens (primary N) is 1. The van der Waals surface area contributed by atoms with Crippen molar-refractivity contribution in [1.29, 1.82) is 0 Å². The first-order valence-electron chi connectivity index (χ1n) is 9.62. The van der Waals surface area contributed by atoms with Crippen LogP contribution >= 0.6 is 11.6 Å². The van der Waals surface area contributed by atoms with Crippen molar-refractivity contribution in [2.75, 3.05) is 18.0 Å². The Kier molecular flexibility index (Phi) is 4.06. The highest BCUT2D eigenvalue weighted by molar-refractivity contribution is 6.30. The third kappa shape index (κ3) is 2.87. The smallest absolute Gasteiger partial charge is 0.202 e. The van der Waals surface area contributed by atoms with E-state index in [1.54, 1.807) is 0 Å². The topological polar surface area (TPSA) is 83.7 Å². The van der Waals surface area contributed by atoms with Gasteiger partial charge in [-0.1, -0.05) is 30.2 Å². The number of H-pyrrole nitrogens is 1. The molecule has 6 nitrogen and oxygen atoms in total. The van der Waals surface area contributed by atoms with Gasteiger partial charge in [0.2, 0.25) is 5.65 Å². The van der Waals surface area contributed by atoms with Crippen molar-refractivity contribution in [3.63, 3.8) is 0 Å². The first-order valence-corrected chi connectivity index (χ1v) is 10.0. The quantitative estimate of drug-likeness (QED) is 0.704. The molecule has 3 N–H and O–H groups in total. The van der Waals surface area contributed by atoms with Crippen LogP contribution in [0.25, 0.3) is 22.4 Å². The number of hydrogen-bond donors (Lipinski definition) is 2. The van der Waals surface area contributed by atoms with Crippen LogP contribution in [0.1, 0.15) is 32.1 Å². The average molecular weight is 383 g/mol. The minimum Gasteiger partial charge on any atom is -0.355 e. The van der Waals surface area contributed by atoms with Crippen LogP contribution in [0.2, 0.25) is 5.02 Å². The highest BCUT2D eigenvalue weighted by atomic mass is 35.5. The maximum Gasteiger partial charge on any atom is 0.202 e. The van der Waals surface area contributed by atoms with Crippen LogP contribution in [0.15, 0.2) is 30.5 Å². The number of fused-ring (bicyclic) bond motifs is 1. The molecule has 0 unspecified atom stereocenters. The number of aromatic amines is 1. The Morgan fingerprint density at radius 2 is 2.07 bits per heavy atom. The monoisotopic (exact) mass is 382 g/mol. The molecule has 27 heavy (non-hydrogen) atoms. The fourth-order valence-electron chi connectivity index (χ4n) is 4.75. The summed E-state index contributed by atoms with van der Waals surface area (Å²) in [6.07, 6.45) is 7.86. The van der Waals surface area contributed by atoms with Gasteiger partial charge in [-0.15, -0.1) is 0 Å². The van der Waals surface area contributed by atoms with E-state index in [1.807, 2.05) is 30.5 Å². The van der Waals surface area contributed by atoms with Gasteiger partial charge in [-0.05, 0) is 43.2 Å². The van der Waals surface area contributed by atoms with Crippen LogP contribution < -0.4 is 10.6 Å². The lowest BCUT2D eigenvalue weighted by Crippen LogP contribution is -2.47. The van der Waals surface area contributed by atoms with E-state index in [1.165, 1.54) is 19.3 Å². The summed E-state index contributed by atoms with van der Waals surface area (Å²) < 4.78 is 0. The lowest BCUT2D eigenvalue weighted by Gasteiger charge is -2.42. The SMILES string of the molecule is N[C@@H]1CCCC12CCN(c1cnc3c(-c4cccc(Cl)c4)[nH]nc3n1)CC2. The highest BCUT2D eigenvalue weighted by Crippen LogP contribution is 2.45. The minimum atomic E-state index is 0.347. The van der Waals surface area contributed by atoms with Gasteiger partial charge in [0, 0.05) is 29.7 Å². The molecule has 2 aliphatic rings. The van der Waals surface area contributed by atoms with Gasteiger partial charge in [-0.2, -0.15) is 5.10 Å². The van der Waals surface area contributed by atoms with Gasteiger partial charge in [-0.25, -0.2) is 9.97 Å². The lowest BCUT2D eigenvalue weighted by molar-refractivity contribution is 0.197. The van der Waals surface area contributed by atoms with Crippen LogP contribution in [-0.2, 0) is 0 Å². The molecule has 0 radical (unpaired) electrons. The molecule has 1 saturated carbocycles. The second-order valence-electron chi connectivity index (χ2n) is 7.86. The van der Waals surface area contributed by atoms with Crippen LogP contribution in [0, 0.1) is 5.41 Å². The van der Waals surface area contributed by atoms with Crippen LogP contribution in [0.5, 0.6) is 0 Å². The second kappa shape index (κ2) is 6.46. The van der Waals surface area contributed by atoms with Crippen LogP contribution in [-0.4, -0.2) is 39.3 Å². The minimum absolute atomic E-state index is 0.347. The van der Waals surface area contributed by atoms with Gasteiger partial charge < -0.3 is 10.6 Å². The summed E-state index contributed by atoms with van der Waals surface area (Å²) in [4.78, 5) is 11.7. The third-order valence-corrected chi connectivity index (χ3v) is 6.66. The fourth-order valence-corrected chi connectivity index (χ4v) is 4.94. The molecule has 7 heteroatoms. The number of nitrogens with one attached hydrogen (secondary N) is 1. The Hall–Kier alpha value is -2.18. The molecular weight excluding hydrogens is 360 g/mol. The molecule has 5 rings (SSSR count). The second-order valence-corrected chi connectivity index (χ2v) is 8.29. The first-order chi connectivity index (χ1) is 13.1. The summed E-state index contributed by atoms with van der Waals surface area (Å²) >= 11 is 6.12. The zero-order chi connectivity index (χ0) is 18.4. The maximum absolute atomic E-state index is 6.40. The summed E-state index contributed by atoms with van der Waals surface area (Å²) in [5.74, 6) is 0.896. The summed E-state index contributed by atoms with van der Waals surface area (Å²) in [5, 5.41) is 8.13. The Morgan fingerprint density at radius 1 is 1.22 bits per heavy atom. The molecule has 1 atom stereocenters. The fraction of sp³-hybridized carbons (Fsp3) is 0.450. The normalized spacial score (nSPS) is 22.0. The Bertz CT molecular complexity index is 976. The van der Waals surface area contributed by atoms with Crippen molar-refractivity contribution in [3.05, 3.63) is 35.5 Å². The van der Waals surface area contributed by atoms with E-state index in [9.17, 15) is 0 Å². The lowest BCUT2D eigenvalue weighted by atomic mass is 9.74. The van der Waals surface area contributed by atoms with Crippen LogP contribution in [0.3, 0.4) is 0 Å². The Morgan fingerprint density at radius 3 is 2.81 bits per heavy atom. The number of halogens is 1. The molecule has 140 valence electrons. The summed E-state index contributed by atoms with van der Waals surface area (Å²) in [5.41, 5.74) is 9.97. The van der Waals surface area contributed by atoms with E-state index in [0.717, 1.165) is 48.5 Å². The molecule has 1 aromatic carbocycles. The average Bonchev–Trinajstić information content (AvgIpc) is 3.26. The highest BCUT2D eigenvalue weighted by Gasteiger charge is 2.43. The maximum atomic E-state index is 6.40. The Labute approximate surface area is 163 Å². The van der Waals surface area contributed by atoms with E-state index < -0.39 is 0 Å². The number of hydrogen-bond acceptors (Lipinski definition) is 5.